The van der Waals surface area contributed by atoms with Crippen LogP contribution in [0.2, 0.25) is 0 Å². The monoisotopic (exact) mass is 353 g/mol. The fraction of sp³-hybridized carbons (Fsp3) is 0.588. The quantitative estimate of drug-likeness (QED) is 0.730. The van der Waals surface area contributed by atoms with Gasteiger partial charge in [-0.3, -0.25) is 4.79 Å². The van der Waals surface area contributed by atoms with E-state index in [1.807, 2.05) is 13.8 Å². The molecule has 1 aliphatic carbocycles. The second kappa shape index (κ2) is 7.63. The summed E-state index contributed by atoms with van der Waals surface area (Å²) in [6, 6.07) is 6.12. The molecule has 0 aromatic heterocycles. The zero-order valence-corrected chi connectivity index (χ0v) is 15.2. The molecule has 0 heterocycles. The molecule has 1 unspecified atom stereocenters. The van der Waals surface area contributed by atoms with Gasteiger partial charge in [0, 0.05) is 11.7 Å². The van der Waals surface area contributed by atoms with Crippen LogP contribution in [0, 0.1) is 0 Å². The molecule has 1 amide bonds. The van der Waals surface area contributed by atoms with Crippen molar-refractivity contribution in [2.75, 3.05) is 5.32 Å². The van der Waals surface area contributed by atoms with E-state index >= 15 is 0 Å². The van der Waals surface area contributed by atoms with Gasteiger partial charge in [-0.05, 0) is 44.4 Å². The maximum Gasteiger partial charge on any atom is 0.244 e. The Morgan fingerprint density at radius 1 is 1.29 bits per heavy atom. The number of carbonyl (C=O) groups is 1. The van der Waals surface area contributed by atoms with Gasteiger partial charge in [-0.1, -0.05) is 32.3 Å². The van der Waals surface area contributed by atoms with Crippen LogP contribution >= 0.6 is 0 Å². The lowest BCUT2D eigenvalue weighted by atomic mass is 9.82. The number of hydrogen-bond acceptors (Lipinski definition) is 4. The summed E-state index contributed by atoms with van der Waals surface area (Å²) < 4.78 is 27.3. The smallest absolute Gasteiger partial charge is 0.244 e. The van der Waals surface area contributed by atoms with Crippen molar-refractivity contribution in [3.8, 4) is 0 Å². The average Bonchev–Trinajstić information content (AvgIpc) is 2.55. The maximum absolute atomic E-state index is 12.5. The van der Waals surface area contributed by atoms with Crippen LogP contribution in [0.15, 0.2) is 29.2 Å². The summed E-state index contributed by atoms with van der Waals surface area (Å²) >= 11 is 0. The van der Waals surface area contributed by atoms with Crippen molar-refractivity contribution < 1.29 is 13.2 Å². The number of nitrogens with one attached hydrogen (secondary N) is 2. The molecule has 1 aromatic rings. The Kier molecular flexibility index (Phi) is 6.01. The summed E-state index contributed by atoms with van der Waals surface area (Å²) in [5.74, 6) is -0.244. The number of rotatable bonds is 6. The van der Waals surface area contributed by atoms with Crippen molar-refractivity contribution >= 4 is 21.6 Å². The number of benzene rings is 1. The van der Waals surface area contributed by atoms with Crippen molar-refractivity contribution in [2.24, 2.45) is 5.73 Å². The molecule has 24 heavy (non-hydrogen) atoms. The third kappa shape index (κ3) is 4.55. The molecule has 0 saturated heterocycles. The van der Waals surface area contributed by atoms with Crippen LogP contribution in [0.3, 0.4) is 0 Å². The van der Waals surface area contributed by atoms with Crippen LogP contribution in [0.4, 0.5) is 5.69 Å². The lowest BCUT2D eigenvalue weighted by Gasteiger charge is -2.31. The molecule has 7 heteroatoms. The average molecular weight is 353 g/mol. The van der Waals surface area contributed by atoms with E-state index < -0.39 is 15.6 Å². The predicted molar refractivity (Wildman–Crippen MR) is 95.1 cm³/mol. The van der Waals surface area contributed by atoms with E-state index in [1.54, 1.807) is 12.1 Å². The molecule has 1 aliphatic rings. The zero-order chi connectivity index (χ0) is 17.8. The van der Waals surface area contributed by atoms with Gasteiger partial charge in [-0.2, -0.15) is 0 Å². The summed E-state index contributed by atoms with van der Waals surface area (Å²) in [5.41, 5.74) is 5.80. The third-order valence-corrected chi connectivity index (χ3v) is 6.16. The fourth-order valence-electron chi connectivity index (χ4n) is 2.82. The summed E-state index contributed by atoms with van der Waals surface area (Å²) in [6.45, 7) is 3.72. The highest BCUT2D eigenvalue weighted by Crippen LogP contribution is 2.27. The number of amides is 1. The number of sulfonamides is 1. The molecule has 6 nitrogen and oxygen atoms in total. The summed E-state index contributed by atoms with van der Waals surface area (Å²) in [5, 5.41) is 2.78. The Morgan fingerprint density at radius 2 is 1.96 bits per heavy atom. The van der Waals surface area contributed by atoms with E-state index in [-0.39, 0.29) is 16.8 Å². The van der Waals surface area contributed by atoms with Crippen LogP contribution in [0.1, 0.15) is 52.4 Å². The standard InChI is InChI=1S/C17H27N3O3S/c1-3-13(2)20-24(22,23)15-9-7-8-14(12-15)19-16(21)17(18)10-5-4-6-11-17/h7-9,12-13,20H,3-6,10-11,18H2,1-2H3,(H,19,21). The Hall–Kier alpha value is -1.44. The van der Waals surface area contributed by atoms with Gasteiger partial charge in [-0.15, -0.1) is 0 Å². The summed E-state index contributed by atoms with van der Waals surface area (Å²) in [7, 11) is -3.60. The molecular weight excluding hydrogens is 326 g/mol. The summed E-state index contributed by atoms with van der Waals surface area (Å²) in [4.78, 5) is 12.6. The SMILES string of the molecule is CCC(C)NS(=O)(=O)c1cccc(NC(=O)C2(N)CCCCC2)c1. The topological polar surface area (TPSA) is 101 Å². The Balaban J connectivity index is 2.14. The van der Waals surface area contributed by atoms with Crippen molar-refractivity contribution in [1.29, 1.82) is 0 Å². The van der Waals surface area contributed by atoms with Gasteiger partial charge in [0.25, 0.3) is 0 Å². The van der Waals surface area contributed by atoms with Crippen molar-refractivity contribution in [3.05, 3.63) is 24.3 Å². The molecule has 1 fully saturated rings. The van der Waals surface area contributed by atoms with Gasteiger partial charge >= 0.3 is 0 Å². The lowest BCUT2D eigenvalue weighted by Crippen LogP contribution is -2.52. The molecule has 0 spiro atoms. The van der Waals surface area contributed by atoms with Crippen molar-refractivity contribution in [3.63, 3.8) is 0 Å². The number of hydrogen-bond donors (Lipinski definition) is 3. The van der Waals surface area contributed by atoms with Gasteiger partial charge in [-0.25, -0.2) is 13.1 Å². The Labute approximate surface area is 144 Å². The van der Waals surface area contributed by atoms with Crippen LogP contribution in [0.5, 0.6) is 0 Å². The third-order valence-electron chi connectivity index (χ3n) is 4.57. The van der Waals surface area contributed by atoms with Gasteiger partial charge in [0.1, 0.15) is 0 Å². The minimum Gasteiger partial charge on any atom is -0.324 e. The molecular formula is C17H27N3O3S. The van der Waals surface area contributed by atoms with E-state index in [0.717, 1.165) is 19.3 Å². The molecule has 134 valence electrons. The number of nitrogens with two attached hydrogens (primary N) is 1. The van der Waals surface area contributed by atoms with E-state index in [0.29, 0.717) is 24.9 Å². The van der Waals surface area contributed by atoms with E-state index in [9.17, 15) is 13.2 Å². The Bertz CT molecular complexity index is 682. The van der Waals surface area contributed by atoms with Crippen LogP contribution in [-0.4, -0.2) is 25.9 Å². The normalized spacial score (nSPS) is 18.8. The van der Waals surface area contributed by atoms with Crippen molar-refractivity contribution in [2.45, 2.75) is 68.8 Å². The zero-order valence-electron chi connectivity index (χ0n) is 14.3. The molecule has 4 N–H and O–H groups in total. The molecule has 1 atom stereocenters. The molecule has 0 radical (unpaired) electrons. The second-order valence-corrected chi connectivity index (χ2v) is 8.34. The maximum atomic E-state index is 12.5. The first kappa shape index (κ1) is 18.9. The van der Waals surface area contributed by atoms with Gasteiger partial charge in [0.05, 0.1) is 10.4 Å². The molecule has 2 rings (SSSR count). The minimum atomic E-state index is -3.60. The highest BCUT2D eigenvalue weighted by Gasteiger charge is 2.35. The van der Waals surface area contributed by atoms with E-state index in [2.05, 4.69) is 10.0 Å². The molecule has 0 aliphatic heterocycles. The molecule has 1 aromatic carbocycles. The van der Waals surface area contributed by atoms with Gasteiger partial charge < -0.3 is 11.1 Å². The predicted octanol–water partition coefficient (Wildman–Crippen LogP) is 2.36. The summed E-state index contributed by atoms with van der Waals surface area (Å²) in [6.07, 6.45) is 5.00. The Morgan fingerprint density at radius 3 is 2.58 bits per heavy atom. The minimum absolute atomic E-state index is 0.135. The van der Waals surface area contributed by atoms with Gasteiger partial charge in [0.2, 0.25) is 15.9 Å². The lowest BCUT2D eigenvalue weighted by molar-refractivity contribution is -0.122. The van der Waals surface area contributed by atoms with E-state index in [4.69, 9.17) is 5.73 Å². The number of anilines is 1. The molecule has 0 bridgehead atoms. The largest absolute Gasteiger partial charge is 0.324 e. The first-order valence-electron chi connectivity index (χ1n) is 8.49. The first-order valence-corrected chi connectivity index (χ1v) is 9.98. The second-order valence-electron chi connectivity index (χ2n) is 6.63. The number of carbonyl (C=O) groups excluding carboxylic acids is 1. The fourth-order valence-corrected chi connectivity index (χ4v) is 4.19. The highest BCUT2D eigenvalue weighted by atomic mass is 32.2. The highest BCUT2D eigenvalue weighted by molar-refractivity contribution is 7.89. The van der Waals surface area contributed by atoms with Crippen molar-refractivity contribution in [1.82, 2.24) is 4.72 Å². The van der Waals surface area contributed by atoms with Gasteiger partial charge in [0.15, 0.2) is 0 Å². The van der Waals surface area contributed by atoms with Crippen LogP contribution in [0.25, 0.3) is 0 Å². The first-order chi connectivity index (χ1) is 11.3. The molecule has 1 saturated carbocycles. The van der Waals surface area contributed by atoms with E-state index in [1.165, 1.54) is 12.1 Å². The van der Waals surface area contributed by atoms with Crippen LogP contribution < -0.4 is 15.8 Å². The van der Waals surface area contributed by atoms with Crippen LogP contribution in [-0.2, 0) is 14.8 Å².